The zero-order valence-electron chi connectivity index (χ0n) is 16.9. The Morgan fingerprint density at radius 3 is 2.63 bits per heavy atom. The fourth-order valence-corrected chi connectivity index (χ4v) is 4.76. The minimum Gasteiger partial charge on any atom is -0.494 e. The zero-order valence-corrected chi connectivity index (χ0v) is 18.6. The molecule has 1 amide bonds. The van der Waals surface area contributed by atoms with E-state index in [4.69, 9.17) is 21.7 Å². The van der Waals surface area contributed by atoms with Crippen LogP contribution in [0.2, 0.25) is 0 Å². The lowest BCUT2D eigenvalue weighted by molar-refractivity contribution is -0.115. The maximum atomic E-state index is 12.4. The number of hydrogen-bond acceptors (Lipinski definition) is 6. The quantitative estimate of drug-likeness (QED) is 0.376. The van der Waals surface area contributed by atoms with Crippen molar-refractivity contribution in [3.63, 3.8) is 0 Å². The fraction of sp³-hybridized carbons (Fsp3) is 0.318. The van der Waals surface area contributed by atoms with Gasteiger partial charge in [-0.1, -0.05) is 12.1 Å². The third kappa shape index (κ3) is 5.46. The summed E-state index contributed by atoms with van der Waals surface area (Å²) in [5, 5.41) is 6.38. The molecule has 0 aliphatic heterocycles. The summed E-state index contributed by atoms with van der Waals surface area (Å²) in [6, 6.07) is 7.43. The zero-order chi connectivity index (χ0) is 21.5. The van der Waals surface area contributed by atoms with Gasteiger partial charge in [0.25, 0.3) is 0 Å². The van der Waals surface area contributed by atoms with Crippen molar-refractivity contribution in [2.45, 2.75) is 33.1 Å². The number of esters is 1. The van der Waals surface area contributed by atoms with E-state index in [9.17, 15) is 9.59 Å². The minimum atomic E-state index is -0.358. The highest BCUT2D eigenvalue weighted by molar-refractivity contribution is 7.80. The van der Waals surface area contributed by atoms with Crippen LogP contribution in [0.4, 0.5) is 5.00 Å². The number of amides is 1. The second-order valence-electron chi connectivity index (χ2n) is 6.56. The molecule has 8 heteroatoms. The number of benzene rings is 1. The van der Waals surface area contributed by atoms with Gasteiger partial charge in [0.05, 0.1) is 18.8 Å². The summed E-state index contributed by atoms with van der Waals surface area (Å²) in [5.41, 5.74) is 2.44. The van der Waals surface area contributed by atoms with E-state index in [2.05, 4.69) is 10.6 Å². The van der Waals surface area contributed by atoms with Crippen LogP contribution in [0.15, 0.2) is 30.3 Å². The molecule has 0 saturated carbocycles. The third-order valence-corrected chi connectivity index (χ3v) is 5.89. The minimum absolute atomic E-state index is 0.141. The maximum Gasteiger partial charge on any atom is 0.341 e. The lowest BCUT2D eigenvalue weighted by Gasteiger charge is -2.10. The van der Waals surface area contributed by atoms with Gasteiger partial charge in [-0.3, -0.25) is 10.1 Å². The highest BCUT2D eigenvalue weighted by Gasteiger charge is 2.27. The Kier molecular flexibility index (Phi) is 7.59. The van der Waals surface area contributed by atoms with Crippen molar-refractivity contribution in [2.24, 2.45) is 0 Å². The molecule has 158 valence electrons. The van der Waals surface area contributed by atoms with Gasteiger partial charge < -0.3 is 14.8 Å². The van der Waals surface area contributed by atoms with Crippen LogP contribution in [0, 0.1) is 0 Å². The van der Waals surface area contributed by atoms with E-state index in [1.54, 1.807) is 13.0 Å². The van der Waals surface area contributed by atoms with E-state index in [0.717, 1.165) is 36.1 Å². The molecule has 3 rings (SSSR count). The van der Waals surface area contributed by atoms with Crippen molar-refractivity contribution in [1.29, 1.82) is 0 Å². The molecule has 2 N–H and O–H groups in total. The number of rotatable bonds is 7. The molecule has 0 spiro atoms. The number of aryl methyl sites for hydroxylation is 1. The lowest BCUT2D eigenvalue weighted by atomic mass is 10.1. The SMILES string of the molecule is CCOC(=O)c1c(NC(=S)NC(=O)/C=C/c2ccc(OCC)cc2)sc2c1CCC2. The molecular weight excluding hydrogens is 420 g/mol. The fourth-order valence-electron chi connectivity index (χ4n) is 3.21. The van der Waals surface area contributed by atoms with Crippen LogP contribution >= 0.6 is 23.6 Å². The molecule has 0 atom stereocenters. The van der Waals surface area contributed by atoms with Crippen molar-refractivity contribution in [1.82, 2.24) is 5.32 Å². The smallest absolute Gasteiger partial charge is 0.341 e. The van der Waals surface area contributed by atoms with E-state index in [0.29, 0.717) is 23.8 Å². The van der Waals surface area contributed by atoms with Gasteiger partial charge in [-0.25, -0.2) is 4.79 Å². The van der Waals surface area contributed by atoms with Crippen molar-refractivity contribution in [2.75, 3.05) is 18.5 Å². The molecule has 2 aromatic rings. The van der Waals surface area contributed by atoms with Gasteiger partial charge in [0.15, 0.2) is 5.11 Å². The predicted molar refractivity (Wildman–Crippen MR) is 123 cm³/mol. The van der Waals surface area contributed by atoms with Crippen LogP contribution in [-0.2, 0) is 22.4 Å². The van der Waals surface area contributed by atoms with Gasteiger partial charge in [0.2, 0.25) is 5.91 Å². The number of nitrogens with one attached hydrogen (secondary N) is 2. The molecule has 1 heterocycles. The molecule has 1 aromatic carbocycles. The van der Waals surface area contributed by atoms with Gasteiger partial charge in [-0.2, -0.15) is 0 Å². The van der Waals surface area contributed by atoms with E-state index in [1.165, 1.54) is 22.3 Å². The number of thiophene rings is 1. The second-order valence-corrected chi connectivity index (χ2v) is 8.07. The Hall–Kier alpha value is -2.71. The Morgan fingerprint density at radius 2 is 1.93 bits per heavy atom. The third-order valence-electron chi connectivity index (χ3n) is 4.48. The second kappa shape index (κ2) is 10.4. The monoisotopic (exact) mass is 444 g/mol. The number of carbonyl (C=O) groups excluding carboxylic acids is 2. The van der Waals surface area contributed by atoms with E-state index in [-0.39, 0.29) is 17.0 Å². The van der Waals surface area contributed by atoms with E-state index in [1.807, 2.05) is 31.2 Å². The standard InChI is InChI=1S/C22H24N2O4S2/c1-3-27-15-11-8-14(9-12-15)10-13-18(25)23-22(29)24-20-19(21(26)28-4-2)16-6-5-7-17(16)30-20/h8-13H,3-7H2,1-2H3,(H2,23,24,25,29)/b13-10+. The Bertz CT molecular complexity index is 964. The van der Waals surface area contributed by atoms with Gasteiger partial charge in [-0.15, -0.1) is 11.3 Å². The number of carbonyl (C=O) groups is 2. The Balaban J connectivity index is 1.61. The normalized spacial score (nSPS) is 12.5. The number of fused-ring (bicyclic) bond motifs is 1. The molecule has 6 nitrogen and oxygen atoms in total. The van der Waals surface area contributed by atoms with Crippen LogP contribution < -0.4 is 15.4 Å². The number of anilines is 1. The van der Waals surface area contributed by atoms with Crippen molar-refractivity contribution in [3.05, 3.63) is 51.9 Å². The molecule has 0 bridgehead atoms. The summed E-state index contributed by atoms with van der Waals surface area (Å²) < 4.78 is 10.6. The highest BCUT2D eigenvalue weighted by atomic mass is 32.1. The average molecular weight is 445 g/mol. The van der Waals surface area contributed by atoms with Crippen LogP contribution in [-0.4, -0.2) is 30.2 Å². The molecular formula is C22H24N2O4S2. The number of ether oxygens (including phenoxy) is 2. The largest absolute Gasteiger partial charge is 0.494 e. The van der Waals surface area contributed by atoms with Gasteiger partial charge >= 0.3 is 5.97 Å². The molecule has 0 fully saturated rings. The molecule has 0 unspecified atom stereocenters. The molecule has 1 aromatic heterocycles. The summed E-state index contributed by atoms with van der Waals surface area (Å²) in [7, 11) is 0. The first kappa shape index (κ1) is 22.0. The predicted octanol–water partition coefficient (Wildman–Crippen LogP) is 4.34. The van der Waals surface area contributed by atoms with Crippen molar-refractivity contribution >= 4 is 51.6 Å². The first-order chi connectivity index (χ1) is 14.5. The van der Waals surface area contributed by atoms with E-state index < -0.39 is 0 Å². The highest BCUT2D eigenvalue weighted by Crippen LogP contribution is 2.39. The van der Waals surface area contributed by atoms with Crippen LogP contribution in [0.1, 0.15) is 46.6 Å². The molecule has 0 radical (unpaired) electrons. The molecule has 30 heavy (non-hydrogen) atoms. The van der Waals surface area contributed by atoms with Crippen LogP contribution in [0.5, 0.6) is 5.75 Å². The average Bonchev–Trinajstić information content (AvgIpc) is 3.28. The summed E-state index contributed by atoms with van der Waals surface area (Å²) in [6.45, 7) is 4.61. The van der Waals surface area contributed by atoms with Crippen LogP contribution in [0.25, 0.3) is 6.08 Å². The first-order valence-corrected chi connectivity index (χ1v) is 11.1. The Morgan fingerprint density at radius 1 is 1.17 bits per heavy atom. The Labute approximate surface area is 185 Å². The summed E-state index contributed by atoms with van der Waals surface area (Å²) in [5.74, 6) is 0.0665. The van der Waals surface area contributed by atoms with Gasteiger partial charge in [-0.05, 0) is 74.7 Å². The molecule has 0 saturated heterocycles. The maximum absolute atomic E-state index is 12.4. The van der Waals surface area contributed by atoms with Crippen molar-refractivity contribution in [3.8, 4) is 5.75 Å². The summed E-state index contributed by atoms with van der Waals surface area (Å²) in [6.07, 6.45) is 5.93. The number of thiocarbonyl (C=S) groups is 1. The number of hydrogen-bond donors (Lipinski definition) is 2. The van der Waals surface area contributed by atoms with Crippen molar-refractivity contribution < 1.29 is 19.1 Å². The molecule has 1 aliphatic rings. The van der Waals surface area contributed by atoms with E-state index >= 15 is 0 Å². The first-order valence-electron chi connectivity index (χ1n) is 9.86. The lowest BCUT2D eigenvalue weighted by Crippen LogP contribution is -2.33. The van der Waals surface area contributed by atoms with Crippen LogP contribution in [0.3, 0.4) is 0 Å². The summed E-state index contributed by atoms with van der Waals surface area (Å²) >= 11 is 6.76. The summed E-state index contributed by atoms with van der Waals surface area (Å²) in [4.78, 5) is 25.8. The molecule has 1 aliphatic carbocycles. The van der Waals surface area contributed by atoms with Gasteiger partial charge in [0, 0.05) is 11.0 Å². The topological polar surface area (TPSA) is 76.7 Å². The van der Waals surface area contributed by atoms with Gasteiger partial charge in [0.1, 0.15) is 10.8 Å².